The first-order valence-corrected chi connectivity index (χ1v) is 13.7. The second-order valence-electron chi connectivity index (χ2n) is 8.92. The standard InChI is InChI=1S/C27H30N2O5S/c1-3-4-15-29(21-14-16-35(32,33)18-21)24(30)17-34-27(31)25-19(2)26(20-10-6-5-7-11-20)28-23-13-9-8-12-22(23)25/h5-13,21H,3-4,14-18H2,1-2H3. The van der Waals surface area contributed by atoms with Crippen LogP contribution >= 0.6 is 0 Å². The Balaban J connectivity index is 1.59. The number of aromatic nitrogens is 1. The smallest absolute Gasteiger partial charge is 0.339 e. The van der Waals surface area contributed by atoms with Gasteiger partial charge in [-0.1, -0.05) is 61.9 Å². The minimum Gasteiger partial charge on any atom is -0.452 e. The zero-order valence-electron chi connectivity index (χ0n) is 20.1. The van der Waals surface area contributed by atoms with Crippen LogP contribution in [0.2, 0.25) is 0 Å². The van der Waals surface area contributed by atoms with E-state index in [1.807, 2.05) is 68.4 Å². The fourth-order valence-electron chi connectivity index (χ4n) is 4.59. The molecule has 1 aliphatic heterocycles. The van der Waals surface area contributed by atoms with Crippen molar-refractivity contribution in [3.8, 4) is 11.3 Å². The van der Waals surface area contributed by atoms with Crippen molar-refractivity contribution in [1.82, 2.24) is 9.88 Å². The number of carbonyl (C=O) groups excluding carboxylic acids is 2. The quantitative estimate of drug-likeness (QED) is 0.436. The second kappa shape index (κ2) is 10.6. The van der Waals surface area contributed by atoms with Crippen LogP contribution in [0.1, 0.15) is 42.1 Å². The van der Waals surface area contributed by atoms with Gasteiger partial charge >= 0.3 is 5.97 Å². The summed E-state index contributed by atoms with van der Waals surface area (Å²) in [4.78, 5) is 32.7. The third-order valence-corrected chi connectivity index (χ3v) is 8.19. The molecule has 1 atom stereocenters. The maximum Gasteiger partial charge on any atom is 0.339 e. The molecule has 2 heterocycles. The number of unbranched alkanes of at least 4 members (excludes halogenated alkanes) is 1. The molecule has 0 aliphatic carbocycles. The number of amides is 1. The van der Waals surface area contributed by atoms with E-state index in [9.17, 15) is 18.0 Å². The highest BCUT2D eigenvalue weighted by Gasteiger charge is 2.34. The fraction of sp³-hybridized carbons (Fsp3) is 0.370. The van der Waals surface area contributed by atoms with Crippen molar-refractivity contribution in [1.29, 1.82) is 0 Å². The van der Waals surface area contributed by atoms with E-state index in [2.05, 4.69) is 0 Å². The molecule has 1 aromatic heterocycles. The summed E-state index contributed by atoms with van der Waals surface area (Å²) in [6.45, 7) is 3.85. The van der Waals surface area contributed by atoms with Crippen LogP contribution in [-0.2, 0) is 19.4 Å². The lowest BCUT2D eigenvalue weighted by Crippen LogP contribution is -2.43. The predicted molar refractivity (Wildman–Crippen MR) is 136 cm³/mol. The highest BCUT2D eigenvalue weighted by molar-refractivity contribution is 7.91. The highest BCUT2D eigenvalue weighted by atomic mass is 32.2. The van der Waals surface area contributed by atoms with E-state index in [-0.39, 0.29) is 23.5 Å². The molecule has 1 unspecified atom stereocenters. The van der Waals surface area contributed by atoms with Crippen molar-refractivity contribution in [2.45, 2.75) is 39.2 Å². The molecule has 0 saturated carbocycles. The average Bonchev–Trinajstić information content (AvgIpc) is 3.22. The Bertz CT molecular complexity index is 1340. The largest absolute Gasteiger partial charge is 0.452 e. The van der Waals surface area contributed by atoms with Crippen molar-refractivity contribution in [2.75, 3.05) is 24.7 Å². The molecule has 184 valence electrons. The van der Waals surface area contributed by atoms with Crippen LogP contribution in [0, 0.1) is 6.92 Å². The van der Waals surface area contributed by atoms with Crippen LogP contribution in [-0.4, -0.2) is 60.9 Å². The summed E-state index contributed by atoms with van der Waals surface area (Å²) in [7, 11) is -3.14. The zero-order chi connectivity index (χ0) is 25.0. The number of hydrogen-bond acceptors (Lipinski definition) is 6. The molecule has 4 rings (SSSR count). The Kier molecular flexibility index (Phi) is 7.50. The van der Waals surface area contributed by atoms with Gasteiger partial charge in [0, 0.05) is 23.5 Å². The third-order valence-electron chi connectivity index (χ3n) is 6.44. The molecule has 8 heteroatoms. The number of sulfone groups is 1. The first kappa shape index (κ1) is 24.9. The van der Waals surface area contributed by atoms with Crippen LogP contribution in [0.4, 0.5) is 0 Å². The SMILES string of the molecule is CCCCN(C(=O)COC(=O)c1c(C)c(-c2ccccc2)nc2ccccc12)C1CCS(=O)(=O)C1. The number of nitrogens with zero attached hydrogens (tertiary/aromatic N) is 2. The minimum atomic E-state index is -3.14. The van der Waals surface area contributed by atoms with E-state index in [1.165, 1.54) is 0 Å². The van der Waals surface area contributed by atoms with Gasteiger partial charge < -0.3 is 9.64 Å². The molecule has 1 aliphatic rings. The van der Waals surface area contributed by atoms with Gasteiger partial charge in [-0.2, -0.15) is 0 Å². The van der Waals surface area contributed by atoms with Gasteiger partial charge in [0.25, 0.3) is 5.91 Å². The predicted octanol–water partition coefficient (Wildman–Crippen LogP) is 4.18. The Morgan fingerprint density at radius 1 is 1.09 bits per heavy atom. The van der Waals surface area contributed by atoms with E-state index in [0.717, 1.165) is 18.4 Å². The summed E-state index contributed by atoms with van der Waals surface area (Å²) in [6, 6.07) is 16.6. The van der Waals surface area contributed by atoms with Gasteiger partial charge in [-0.05, 0) is 31.4 Å². The Morgan fingerprint density at radius 3 is 2.49 bits per heavy atom. The molecule has 2 aromatic carbocycles. The zero-order valence-corrected chi connectivity index (χ0v) is 20.9. The molecule has 1 fully saturated rings. The molecule has 0 N–H and O–H groups in total. The van der Waals surface area contributed by atoms with Crippen molar-refractivity contribution in [3.63, 3.8) is 0 Å². The van der Waals surface area contributed by atoms with Crippen LogP contribution in [0.15, 0.2) is 54.6 Å². The van der Waals surface area contributed by atoms with Crippen molar-refractivity contribution in [3.05, 3.63) is 65.7 Å². The van der Waals surface area contributed by atoms with E-state index in [4.69, 9.17) is 9.72 Å². The molecule has 1 saturated heterocycles. The summed E-state index contributed by atoms with van der Waals surface area (Å²) in [6.07, 6.45) is 2.04. The number of fused-ring (bicyclic) bond motifs is 1. The number of para-hydroxylation sites is 1. The molecular formula is C27H30N2O5S. The molecule has 0 radical (unpaired) electrons. The molecule has 0 spiro atoms. The first-order chi connectivity index (χ1) is 16.8. The van der Waals surface area contributed by atoms with Gasteiger partial charge in [-0.25, -0.2) is 18.2 Å². The lowest BCUT2D eigenvalue weighted by molar-refractivity contribution is -0.136. The lowest BCUT2D eigenvalue weighted by Gasteiger charge is -2.28. The first-order valence-electron chi connectivity index (χ1n) is 11.9. The number of pyridine rings is 1. The molecule has 35 heavy (non-hydrogen) atoms. The fourth-order valence-corrected chi connectivity index (χ4v) is 6.32. The van der Waals surface area contributed by atoms with E-state index < -0.39 is 22.4 Å². The topological polar surface area (TPSA) is 93.6 Å². The van der Waals surface area contributed by atoms with Gasteiger partial charge in [0.2, 0.25) is 0 Å². The number of rotatable bonds is 8. The summed E-state index contributed by atoms with van der Waals surface area (Å²) in [5.41, 5.74) is 3.29. The van der Waals surface area contributed by atoms with Gasteiger partial charge in [0.05, 0.1) is 28.3 Å². The summed E-state index contributed by atoms with van der Waals surface area (Å²) >= 11 is 0. The Labute approximate surface area is 206 Å². The highest BCUT2D eigenvalue weighted by Crippen LogP contribution is 2.30. The number of carbonyl (C=O) groups is 2. The van der Waals surface area contributed by atoms with Crippen molar-refractivity contribution in [2.24, 2.45) is 0 Å². The summed E-state index contributed by atoms with van der Waals surface area (Å²) < 4.78 is 29.5. The van der Waals surface area contributed by atoms with Crippen LogP contribution in [0.3, 0.4) is 0 Å². The van der Waals surface area contributed by atoms with E-state index in [1.54, 1.807) is 4.90 Å². The minimum absolute atomic E-state index is 0.0368. The monoisotopic (exact) mass is 494 g/mol. The normalized spacial score (nSPS) is 16.8. The number of benzene rings is 2. The number of ether oxygens (including phenoxy) is 1. The Morgan fingerprint density at radius 2 is 1.80 bits per heavy atom. The average molecular weight is 495 g/mol. The molecule has 7 nitrogen and oxygen atoms in total. The maximum atomic E-state index is 13.3. The molecular weight excluding hydrogens is 464 g/mol. The molecule has 3 aromatic rings. The third kappa shape index (κ3) is 5.53. The lowest BCUT2D eigenvalue weighted by atomic mass is 9.98. The van der Waals surface area contributed by atoms with Crippen LogP contribution in [0.25, 0.3) is 22.2 Å². The van der Waals surface area contributed by atoms with E-state index in [0.29, 0.717) is 40.7 Å². The van der Waals surface area contributed by atoms with Crippen molar-refractivity contribution >= 4 is 32.6 Å². The van der Waals surface area contributed by atoms with Gasteiger partial charge in [-0.15, -0.1) is 0 Å². The van der Waals surface area contributed by atoms with Crippen molar-refractivity contribution < 1.29 is 22.7 Å². The van der Waals surface area contributed by atoms with Gasteiger partial charge in [0.1, 0.15) is 0 Å². The van der Waals surface area contributed by atoms with Crippen LogP contribution in [0.5, 0.6) is 0 Å². The number of esters is 1. The maximum absolute atomic E-state index is 13.3. The summed E-state index contributed by atoms with van der Waals surface area (Å²) in [5.74, 6) is -0.919. The second-order valence-corrected chi connectivity index (χ2v) is 11.1. The summed E-state index contributed by atoms with van der Waals surface area (Å²) in [5, 5.41) is 0.659. The van der Waals surface area contributed by atoms with Gasteiger partial charge in [0.15, 0.2) is 16.4 Å². The Hall–Kier alpha value is -3.26. The molecule has 0 bridgehead atoms. The van der Waals surface area contributed by atoms with E-state index >= 15 is 0 Å². The molecule has 1 amide bonds. The van der Waals surface area contributed by atoms with Crippen LogP contribution < -0.4 is 0 Å². The van der Waals surface area contributed by atoms with Gasteiger partial charge in [-0.3, -0.25) is 4.79 Å². The number of hydrogen-bond donors (Lipinski definition) is 0.